The summed E-state index contributed by atoms with van der Waals surface area (Å²) in [4.78, 5) is 0. The van der Waals surface area contributed by atoms with Gasteiger partial charge in [0.15, 0.2) is 0 Å². The highest BCUT2D eigenvalue weighted by molar-refractivity contribution is 7.97. The first-order valence-electron chi connectivity index (χ1n) is 5.07. The summed E-state index contributed by atoms with van der Waals surface area (Å²) in [5.74, 6) is 2.90. The summed E-state index contributed by atoms with van der Waals surface area (Å²) >= 11 is 1.76. The van der Waals surface area contributed by atoms with Crippen LogP contribution in [0.3, 0.4) is 0 Å². The molecule has 0 aliphatic rings. The van der Waals surface area contributed by atoms with E-state index in [1.54, 1.807) is 22.6 Å². The Morgan fingerprint density at radius 2 is 2.25 bits per heavy atom. The van der Waals surface area contributed by atoms with Gasteiger partial charge >= 0.3 is 0 Å². The Morgan fingerprint density at radius 3 is 2.94 bits per heavy atom. The lowest BCUT2D eigenvalue weighted by molar-refractivity contribution is 0.487. The van der Waals surface area contributed by atoms with Crippen LogP contribution < -0.4 is 5.32 Å². The number of furan rings is 1. The molecule has 0 radical (unpaired) electrons. The molecule has 0 aromatic carbocycles. The first-order chi connectivity index (χ1) is 7.78. The van der Waals surface area contributed by atoms with E-state index in [4.69, 9.17) is 4.42 Å². The summed E-state index contributed by atoms with van der Waals surface area (Å²) in [7, 11) is 1.90. The van der Waals surface area contributed by atoms with Crippen molar-refractivity contribution < 1.29 is 4.42 Å². The van der Waals surface area contributed by atoms with Crippen LogP contribution in [0.5, 0.6) is 0 Å². The molecule has 0 unspecified atom stereocenters. The highest BCUT2D eigenvalue weighted by Gasteiger charge is 2.02. The molecule has 5 heteroatoms. The maximum absolute atomic E-state index is 5.64. The van der Waals surface area contributed by atoms with Gasteiger partial charge in [-0.15, -0.1) is 0 Å². The molecule has 2 aromatic heterocycles. The van der Waals surface area contributed by atoms with Gasteiger partial charge < -0.3 is 9.73 Å². The van der Waals surface area contributed by atoms with Gasteiger partial charge in [-0.2, -0.15) is 16.9 Å². The van der Waals surface area contributed by atoms with E-state index in [2.05, 4.69) is 16.7 Å². The molecule has 2 heterocycles. The first-order valence-corrected chi connectivity index (χ1v) is 6.46. The molecule has 4 nitrogen and oxygen atoms in total. The Labute approximate surface area is 99.0 Å². The monoisotopic (exact) mass is 237 g/mol. The molecule has 0 aliphatic heterocycles. The zero-order valence-electron chi connectivity index (χ0n) is 9.43. The van der Waals surface area contributed by atoms with Crippen molar-refractivity contribution >= 4 is 17.4 Å². The number of aryl methyl sites for hydroxylation is 1. The van der Waals surface area contributed by atoms with Crippen LogP contribution in [-0.4, -0.2) is 16.0 Å². The van der Waals surface area contributed by atoms with E-state index < -0.39 is 0 Å². The van der Waals surface area contributed by atoms with Crippen molar-refractivity contribution in [1.29, 1.82) is 0 Å². The summed E-state index contributed by atoms with van der Waals surface area (Å²) < 4.78 is 7.41. The number of aromatic nitrogens is 2. The molecule has 0 atom stereocenters. The molecule has 2 aromatic rings. The summed E-state index contributed by atoms with van der Waals surface area (Å²) in [5.41, 5.74) is 1.00. The normalized spacial score (nSPS) is 10.6. The molecule has 1 N–H and O–H groups in total. The summed E-state index contributed by atoms with van der Waals surface area (Å²) in [5, 5.41) is 7.34. The van der Waals surface area contributed by atoms with E-state index in [9.17, 15) is 0 Å². The smallest absolute Gasteiger partial charge is 0.123 e. The van der Waals surface area contributed by atoms with Crippen LogP contribution in [0.15, 0.2) is 28.9 Å². The molecule has 0 spiro atoms. The molecule has 0 saturated heterocycles. The van der Waals surface area contributed by atoms with Crippen LogP contribution in [0, 0.1) is 0 Å². The van der Waals surface area contributed by atoms with E-state index in [0.717, 1.165) is 23.0 Å². The molecule has 2 rings (SSSR count). The van der Waals surface area contributed by atoms with Gasteiger partial charge in [-0.05, 0) is 18.4 Å². The average molecular weight is 237 g/mol. The van der Waals surface area contributed by atoms with E-state index in [0.29, 0.717) is 6.54 Å². The number of thioether (sulfide) groups is 1. The number of anilines is 1. The van der Waals surface area contributed by atoms with Crippen molar-refractivity contribution in [2.24, 2.45) is 7.05 Å². The fourth-order valence-electron chi connectivity index (χ4n) is 1.44. The van der Waals surface area contributed by atoms with Crippen LogP contribution >= 0.6 is 11.8 Å². The predicted molar refractivity (Wildman–Crippen MR) is 66.5 cm³/mol. The second-order valence-electron chi connectivity index (χ2n) is 3.56. The number of nitrogens with zero attached hydrogens (tertiary/aromatic N) is 2. The molecular formula is C11H15N3OS. The zero-order chi connectivity index (χ0) is 11.4. The van der Waals surface area contributed by atoms with Gasteiger partial charge in [0.05, 0.1) is 24.2 Å². The lowest BCUT2D eigenvalue weighted by atomic mass is 10.4. The Hall–Kier alpha value is -1.36. The SMILES string of the molecule is CSCc1ccc(CNc2cnn(C)c2)o1. The fourth-order valence-corrected chi connectivity index (χ4v) is 1.88. The third kappa shape index (κ3) is 2.82. The minimum Gasteiger partial charge on any atom is -0.463 e. The lowest BCUT2D eigenvalue weighted by Gasteiger charge is -1.99. The Bertz CT molecular complexity index is 450. The summed E-state index contributed by atoms with van der Waals surface area (Å²) in [6, 6.07) is 4.03. The van der Waals surface area contributed by atoms with Gasteiger partial charge in [0.2, 0.25) is 0 Å². The minimum absolute atomic E-state index is 0.695. The zero-order valence-corrected chi connectivity index (χ0v) is 10.3. The standard InChI is InChI=1S/C11H15N3OS/c1-14-7-9(5-13-14)12-6-10-3-4-11(15-10)8-16-2/h3-5,7,12H,6,8H2,1-2H3. The third-order valence-corrected chi connectivity index (χ3v) is 2.75. The second-order valence-corrected chi connectivity index (χ2v) is 4.42. The topological polar surface area (TPSA) is 43.0 Å². The van der Waals surface area contributed by atoms with E-state index >= 15 is 0 Å². The van der Waals surface area contributed by atoms with Gasteiger partial charge in [-0.1, -0.05) is 0 Å². The van der Waals surface area contributed by atoms with Gasteiger partial charge in [0.25, 0.3) is 0 Å². The molecule has 0 fully saturated rings. The highest BCUT2D eigenvalue weighted by atomic mass is 32.2. The number of rotatable bonds is 5. The van der Waals surface area contributed by atoms with Crippen molar-refractivity contribution in [2.75, 3.05) is 11.6 Å². The van der Waals surface area contributed by atoms with Crippen LogP contribution in [-0.2, 0) is 19.3 Å². The van der Waals surface area contributed by atoms with Gasteiger partial charge in [0.1, 0.15) is 11.5 Å². The van der Waals surface area contributed by atoms with Crippen LogP contribution in [0.2, 0.25) is 0 Å². The Balaban J connectivity index is 1.89. The quantitative estimate of drug-likeness (QED) is 0.867. The second kappa shape index (κ2) is 5.12. The largest absolute Gasteiger partial charge is 0.463 e. The lowest BCUT2D eigenvalue weighted by Crippen LogP contribution is -1.96. The molecule has 0 bridgehead atoms. The fraction of sp³-hybridized carbons (Fsp3) is 0.364. The van der Waals surface area contributed by atoms with Gasteiger partial charge in [-0.25, -0.2) is 0 Å². The minimum atomic E-state index is 0.695. The van der Waals surface area contributed by atoms with Crippen molar-refractivity contribution in [3.05, 3.63) is 36.0 Å². The van der Waals surface area contributed by atoms with Gasteiger partial charge in [0, 0.05) is 13.2 Å². The molecule has 0 aliphatic carbocycles. The predicted octanol–water partition coefficient (Wildman–Crippen LogP) is 2.49. The molecular weight excluding hydrogens is 222 g/mol. The Morgan fingerprint density at radius 1 is 1.44 bits per heavy atom. The van der Waals surface area contributed by atoms with E-state index in [1.807, 2.05) is 25.4 Å². The first kappa shape index (κ1) is 11.1. The van der Waals surface area contributed by atoms with Crippen molar-refractivity contribution in [2.45, 2.75) is 12.3 Å². The van der Waals surface area contributed by atoms with Crippen molar-refractivity contribution in [3.8, 4) is 0 Å². The maximum Gasteiger partial charge on any atom is 0.123 e. The summed E-state index contributed by atoms with van der Waals surface area (Å²) in [6.07, 6.45) is 5.80. The van der Waals surface area contributed by atoms with Crippen molar-refractivity contribution in [1.82, 2.24) is 9.78 Å². The molecule has 16 heavy (non-hydrogen) atoms. The van der Waals surface area contributed by atoms with Crippen LogP contribution in [0.4, 0.5) is 5.69 Å². The number of hydrogen-bond acceptors (Lipinski definition) is 4. The van der Waals surface area contributed by atoms with Crippen molar-refractivity contribution in [3.63, 3.8) is 0 Å². The maximum atomic E-state index is 5.64. The number of nitrogens with one attached hydrogen (secondary N) is 1. The van der Waals surface area contributed by atoms with E-state index in [1.165, 1.54) is 0 Å². The Kier molecular flexibility index (Phi) is 3.56. The third-order valence-electron chi connectivity index (χ3n) is 2.18. The van der Waals surface area contributed by atoms with Crippen LogP contribution in [0.25, 0.3) is 0 Å². The molecule has 86 valence electrons. The van der Waals surface area contributed by atoms with E-state index in [-0.39, 0.29) is 0 Å². The highest BCUT2D eigenvalue weighted by Crippen LogP contribution is 2.14. The van der Waals surface area contributed by atoms with Gasteiger partial charge in [-0.3, -0.25) is 4.68 Å². The number of hydrogen-bond donors (Lipinski definition) is 1. The molecule has 0 saturated carbocycles. The van der Waals surface area contributed by atoms with Crippen LogP contribution in [0.1, 0.15) is 11.5 Å². The summed E-state index contributed by atoms with van der Waals surface area (Å²) in [6.45, 7) is 0.695. The molecule has 0 amide bonds. The average Bonchev–Trinajstić information content (AvgIpc) is 2.85.